The van der Waals surface area contributed by atoms with Crippen molar-refractivity contribution in [2.45, 2.75) is 18.9 Å². The largest absolute Gasteiger partial charge is 0.507 e. The SMILES string of the molecule is COC1C=c2nc(-c3ccccc3)cc(O)c2=CC1C=CCCCO. The second-order valence-corrected chi connectivity index (χ2v) is 6.10. The number of methoxy groups -OCH3 is 1. The van der Waals surface area contributed by atoms with Crippen LogP contribution in [0, 0.1) is 5.92 Å². The number of allylic oxidation sites excluding steroid dienone is 1. The van der Waals surface area contributed by atoms with E-state index in [0.29, 0.717) is 0 Å². The molecular formula is C21H23NO3. The van der Waals surface area contributed by atoms with Gasteiger partial charge in [0.05, 0.1) is 17.1 Å². The van der Waals surface area contributed by atoms with Crippen molar-refractivity contribution in [2.24, 2.45) is 5.92 Å². The van der Waals surface area contributed by atoms with Gasteiger partial charge in [-0.1, -0.05) is 48.6 Å². The van der Waals surface area contributed by atoms with Crippen molar-refractivity contribution < 1.29 is 14.9 Å². The predicted octanol–water partition coefficient (Wildman–Crippen LogP) is 1.99. The van der Waals surface area contributed by atoms with Crippen LogP contribution in [0.1, 0.15) is 12.8 Å². The molecule has 0 aliphatic heterocycles. The average molecular weight is 337 g/mol. The third-order valence-electron chi connectivity index (χ3n) is 4.36. The average Bonchev–Trinajstić information content (AvgIpc) is 2.65. The third kappa shape index (κ3) is 3.98. The van der Waals surface area contributed by atoms with Crippen molar-refractivity contribution in [1.29, 1.82) is 0 Å². The maximum absolute atomic E-state index is 10.5. The molecule has 1 aliphatic carbocycles. The van der Waals surface area contributed by atoms with Gasteiger partial charge in [0, 0.05) is 36.5 Å². The topological polar surface area (TPSA) is 62.6 Å². The van der Waals surface area contributed by atoms with Crippen LogP contribution >= 0.6 is 0 Å². The molecule has 3 rings (SSSR count). The zero-order valence-electron chi connectivity index (χ0n) is 14.3. The van der Waals surface area contributed by atoms with Crippen LogP contribution in [0.5, 0.6) is 5.75 Å². The second kappa shape index (κ2) is 8.10. The van der Waals surface area contributed by atoms with Crippen molar-refractivity contribution in [3.63, 3.8) is 0 Å². The number of rotatable bonds is 6. The number of aliphatic hydroxyl groups is 1. The Kier molecular flexibility index (Phi) is 5.64. The summed E-state index contributed by atoms with van der Waals surface area (Å²) in [4.78, 5) is 4.70. The van der Waals surface area contributed by atoms with E-state index < -0.39 is 0 Å². The fourth-order valence-electron chi connectivity index (χ4n) is 3.02. The van der Waals surface area contributed by atoms with Gasteiger partial charge in [-0.25, -0.2) is 4.98 Å². The minimum absolute atomic E-state index is 0.0338. The molecule has 1 aliphatic rings. The monoisotopic (exact) mass is 337 g/mol. The zero-order valence-corrected chi connectivity index (χ0v) is 14.3. The first kappa shape index (κ1) is 17.4. The van der Waals surface area contributed by atoms with Crippen molar-refractivity contribution >= 4 is 12.2 Å². The molecule has 1 aromatic heterocycles. The summed E-state index contributed by atoms with van der Waals surface area (Å²) in [5.41, 5.74) is 1.71. The van der Waals surface area contributed by atoms with Gasteiger partial charge in [0.15, 0.2) is 0 Å². The summed E-state index contributed by atoms with van der Waals surface area (Å²) >= 11 is 0. The normalized spacial score (nSPS) is 19.3. The Morgan fingerprint density at radius 3 is 2.72 bits per heavy atom. The Morgan fingerprint density at radius 2 is 2.00 bits per heavy atom. The van der Waals surface area contributed by atoms with Crippen LogP contribution in [0.3, 0.4) is 0 Å². The van der Waals surface area contributed by atoms with Gasteiger partial charge >= 0.3 is 0 Å². The van der Waals surface area contributed by atoms with Crippen LogP contribution in [-0.4, -0.2) is 35.0 Å². The van der Waals surface area contributed by atoms with E-state index in [-0.39, 0.29) is 24.4 Å². The zero-order chi connectivity index (χ0) is 17.6. The molecule has 0 fully saturated rings. The predicted molar refractivity (Wildman–Crippen MR) is 99.3 cm³/mol. The summed E-state index contributed by atoms with van der Waals surface area (Å²) in [6, 6.07) is 11.5. The van der Waals surface area contributed by atoms with Crippen LogP contribution < -0.4 is 10.6 Å². The molecule has 0 spiro atoms. The maximum Gasteiger partial charge on any atom is 0.126 e. The van der Waals surface area contributed by atoms with Gasteiger partial charge < -0.3 is 14.9 Å². The number of aliphatic hydroxyl groups excluding tert-OH is 1. The van der Waals surface area contributed by atoms with E-state index in [1.807, 2.05) is 48.6 Å². The van der Waals surface area contributed by atoms with Gasteiger partial charge in [-0.15, -0.1) is 0 Å². The first-order chi connectivity index (χ1) is 12.2. The Hall–Kier alpha value is -2.43. The summed E-state index contributed by atoms with van der Waals surface area (Å²) < 4.78 is 5.59. The molecule has 4 nitrogen and oxygen atoms in total. The second-order valence-electron chi connectivity index (χ2n) is 6.10. The first-order valence-electron chi connectivity index (χ1n) is 8.52. The number of ether oxygens (including phenoxy) is 1. The quantitative estimate of drug-likeness (QED) is 0.625. The Morgan fingerprint density at radius 1 is 1.20 bits per heavy atom. The molecule has 1 heterocycles. The first-order valence-corrected chi connectivity index (χ1v) is 8.52. The molecule has 0 amide bonds. The smallest absolute Gasteiger partial charge is 0.126 e. The fourth-order valence-corrected chi connectivity index (χ4v) is 3.02. The number of hydrogen-bond donors (Lipinski definition) is 2. The lowest BCUT2D eigenvalue weighted by molar-refractivity contribution is 0.136. The molecular weight excluding hydrogens is 314 g/mol. The maximum atomic E-state index is 10.5. The van der Waals surface area contributed by atoms with E-state index in [2.05, 4.69) is 6.08 Å². The minimum Gasteiger partial charge on any atom is -0.507 e. The Bertz CT molecular complexity index is 859. The molecule has 2 aromatic rings. The molecule has 2 unspecified atom stereocenters. The fraction of sp³-hybridized carbons (Fsp3) is 0.286. The number of unbranched alkanes of at least 4 members (excludes halogenated alkanes) is 1. The molecule has 0 saturated heterocycles. The van der Waals surface area contributed by atoms with Crippen LogP contribution in [0.2, 0.25) is 0 Å². The highest BCUT2D eigenvalue weighted by Crippen LogP contribution is 2.20. The molecule has 0 radical (unpaired) electrons. The Balaban J connectivity index is 2.00. The highest BCUT2D eigenvalue weighted by atomic mass is 16.5. The summed E-state index contributed by atoms with van der Waals surface area (Å²) in [6.45, 7) is 0.189. The van der Waals surface area contributed by atoms with Crippen LogP contribution in [0.25, 0.3) is 23.4 Å². The van der Waals surface area contributed by atoms with E-state index in [0.717, 1.165) is 34.7 Å². The summed E-state index contributed by atoms with van der Waals surface area (Å²) in [6.07, 6.45) is 9.50. The summed E-state index contributed by atoms with van der Waals surface area (Å²) in [7, 11) is 1.68. The van der Waals surface area contributed by atoms with Gasteiger partial charge in [-0.05, 0) is 18.9 Å². The number of pyridine rings is 1. The van der Waals surface area contributed by atoms with Crippen LogP contribution in [0.15, 0.2) is 48.6 Å². The van der Waals surface area contributed by atoms with Crippen molar-refractivity contribution in [3.8, 4) is 17.0 Å². The Labute approximate surface area is 147 Å². The molecule has 2 atom stereocenters. The van der Waals surface area contributed by atoms with E-state index in [4.69, 9.17) is 14.8 Å². The lowest BCUT2D eigenvalue weighted by Gasteiger charge is -2.21. The van der Waals surface area contributed by atoms with Crippen molar-refractivity contribution in [2.75, 3.05) is 13.7 Å². The number of nitrogens with zero attached hydrogens (tertiary/aromatic N) is 1. The summed E-state index contributed by atoms with van der Waals surface area (Å²) in [5, 5.41) is 20.9. The molecule has 25 heavy (non-hydrogen) atoms. The lowest BCUT2D eigenvalue weighted by Crippen LogP contribution is -2.38. The van der Waals surface area contributed by atoms with Gasteiger partial charge in [-0.2, -0.15) is 0 Å². The van der Waals surface area contributed by atoms with Gasteiger partial charge in [0.2, 0.25) is 0 Å². The number of aromatic nitrogens is 1. The van der Waals surface area contributed by atoms with Crippen molar-refractivity contribution in [3.05, 3.63) is 59.1 Å². The lowest BCUT2D eigenvalue weighted by atomic mass is 9.94. The highest BCUT2D eigenvalue weighted by molar-refractivity contribution is 5.62. The number of fused-ring (bicyclic) bond motifs is 1. The molecule has 1 aromatic carbocycles. The highest BCUT2D eigenvalue weighted by Gasteiger charge is 2.19. The van der Waals surface area contributed by atoms with Gasteiger partial charge in [0.25, 0.3) is 0 Å². The van der Waals surface area contributed by atoms with Crippen LogP contribution in [-0.2, 0) is 4.74 Å². The molecule has 2 N–H and O–H groups in total. The van der Waals surface area contributed by atoms with E-state index >= 15 is 0 Å². The van der Waals surface area contributed by atoms with E-state index in [1.165, 1.54) is 0 Å². The standard InChI is InChI=1S/C21H23NO3/c1-25-21-14-19-17(12-16(21)10-6-3-7-11-23)20(24)13-18(22-19)15-8-4-2-5-9-15/h2,4-6,8-10,12-14,16,21,23-24H,3,7,11H2,1H3. The number of benzene rings is 1. The molecule has 0 saturated carbocycles. The number of aromatic hydroxyl groups is 1. The molecule has 130 valence electrons. The van der Waals surface area contributed by atoms with Gasteiger partial charge in [-0.3, -0.25) is 0 Å². The molecule has 4 heteroatoms. The summed E-state index contributed by atoms with van der Waals surface area (Å²) in [5.74, 6) is 0.259. The van der Waals surface area contributed by atoms with Crippen molar-refractivity contribution in [1.82, 2.24) is 4.98 Å². The minimum atomic E-state index is -0.129. The number of hydrogen-bond acceptors (Lipinski definition) is 4. The third-order valence-corrected chi connectivity index (χ3v) is 4.36. The van der Waals surface area contributed by atoms with Crippen LogP contribution in [0.4, 0.5) is 0 Å². The molecule has 0 bridgehead atoms. The van der Waals surface area contributed by atoms with E-state index in [1.54, 1.807) is 13.2 Å². The van der Waals surface area contributed by atoms with Gasteiger partial charge in [0.1, 0.15) is 5.75 Å². The van der Waals surface area contributed by atoms with E-state index in [9.17, 15) is 5.11 Å².